The molecule has 2 unspecified atom stereocenters. The smallest absolute Gasteiger partial charge is 0.0897 e. The first-order valence-electron chi connectivity index (χ1n) is 7.23. The predicted molar refractivity (Wildman–Crippen MR) is 80.3 cm³/mol. The standard InChI is InChI=1S/C15H26N2OS/c1-12-5-4-6-15(7-12,11-18)10-17(3)8-14-9-19-13(2)16-14/h9,12,18H,4-8,10-11H2,1-3H3. The van der Waals surface area contributed by atoms with Crippen LogP contribution in [-0.2, 0) is 6.54 Å². The number of rotatable bonds is 5. The molecule has 108 valence electrons. The molecule has 0 saturated heterocycles. The van der Waals surface area contributed by atoms with Gasteiger partial charge in [-0.2, -0.15) is 0 Å². The summed E-state index contributed by atoms with van der Waals surface area (Å²) < 4.78 is 0. The molecule has 19 heavy (non-hydrogen) atoms. The fraction of sp³-hybridized carbons (Fsp3) is 0.800. The van der Waals surface area contributed by atoms with Gasteiger partial charge in [0.25, 0.3) is 0 Å². The molecular formula is C15H26N2OS. The van der Waals surface area contributed by atoms with Crippen molar-refractivity contribution in [2.24, 2.45) is 11.3 Å². The summed E-state index contributed by atoms with van der Waals surface area (Å²) in [7, 11) is 2.14. The van der Waals surface area contributed by atoms with Gasteiger partial charge in [0.05, 0.1) is 10.7 Å². The molecule has 0 spiro atoms. The van der Waals surface area contributed by atoms with Crippen LogP contribution in [0.15, 0.2) is 5.38 Å². The van der Waals surface area contributed by atoms with Crippen molar-refractivity contribution in [3.05, 3.63) is 16.1 Å². The Balaban J connectivity index is 1.93. The Hall–Kier alpha value is -0.450. The number of aliphatic hydroxyl groups excluding tert-OH is 1. The molecule has 3 nitrogen and oxygen atoms in total. The van der Waals surface area contributed by atoms with Crippen molar-refractivity contribution in [2.75, 3.05) is 20.2 Å². The van der Waals surface area contributed by atoms with Gasteiger partial charge >= 0.3 is 0 Å². The van der Waals surface area contributed by atoms with Crippen molar-refractivity contribution in [3.63, 3.8) is 0 Å². The summed E-state index contributed by atoms with van der Waals surface area (Å²) >= 11 is 1.71. The van der Waals surface area contributed by atoms with Crippen LogP contribution in [0.4, 0.5) is 0 Å². The number of thiazole rings is 1. The lowest BCUT2D eigenvalue weighted by Gasteiger charge is -2.41. The van der Waals surface area contributed by atoms with Gasteiger partial charge in [0.15, 0.2) is 0 Å². The van der Waals surface area contributed by atoms with Gasteiger partial charge in [-0.15, -0.1) is 11.3 Å². The molecule has 0 radical (unpaired) electrons. The van der Waals surface area contributed by atoms with Crippen molar-refractivity contribution < 1.29 is 5.11 Å². The van der Waals surface area contributed by atoms with Crippen LogP contribution in [0.1, 0.15) is 43.3 Å². The van der Waals surface area contributed by atoms with E-state index in [0.717, 1.165) is 42.6 Å². The zero-order valence-electron chi connectivity index (χ0n) is 12.4. The van der Waals surface area contributed by atoms with Crippen LogP contribution < -0.4 is 0 Å². The molecule has 2 atom stereocenters. The number of hydrogen-bond donors (Lipinski definition) is 1. The summed E-state index contributed by atoms with van der Waals surface area (Å²) in [6.45, 7) is 6.54. The molecule has 4 heteroatoms. The van der Waals surface area contributed by atoms with Gasteiger partial charge in [-0.25, -0.2) is 4.98 Å². The quantitative estimate of drug-likeness (QED) is 0.901. The van der Waals surface area contributed by atoms with Gasteiger partial charge in [-0.1, -0.05) is 19.8 Å². The topological polar surface area (TPSA) is 36.4 Å². The summed E-state index contributed by atoms with van der Waals surface area (Å²) in [5.41, 5.74) is 1.26. The highest BCUT2D eigenvalue weighted by molar-refractivity contribution is 7.09. The summed E-state index contributed by atoms with van der Waals surface area (Å²) in [5, 5.41) is 13.1. The zero-order valence-corrected chi connectivity index (χ0v) is 13.2. The van der Waals surface area contributed by atoms with E-state index in [-0.39, 0.29) is 5.41 Å². The van der Waals surface area contributed by atoms with E-state index < -0.39 is 0 Å². The first-order valence-corrected chi connectivity index (χ1v) is 8.11. The largest absolute Gasteiger partial charge is 0.396 e. The normalized spacial score (nSPS) is 27.9. The van der Waals surface area contributed by atoms with E-state index in [1.54, 1.807) is 11.3 Å². The van der Waals surface area contributed by atoms with Crippen LogP contribution >= 0.6 is 11.3 Å². The monoisotopic (exact) mass is 282 g/mol. The average Bonchev–Trinajstić information content (AvgIpc) is 2.74. The Morgan fingerprint density at radius 3 is 2.95 bits per heavy atom. The molecule has 1 fully saturated rings. The SMILES string of the molecule is Cc1nc(CN(C)CC2(CO)CCCC(C)C2)cs1. The first kappa shape index (κ1) is 14.9. The fourth-order valence-corrected chi connectivity index (χ4v) is 4.10. The molecule has 1 N–H and O–H groups in total. The van der Waals surface area contributed by atoms with Crippen LogP contribution in [0.25, 0.3) is 0 Å². The fourth-order valence-electron chi connectivity index (χ4n) is 3.49. The average molecular weight is 282 g/mol. The Labute approximate surface area is 120 Å². The minimum Gasteiger partial charge on any atom is -0.396 e. The maximum absolute atomic E-state index is 9.84. The van der Waals surface area contributed by atoms with Gasteiger partial charge in [0.1, 0.15) is 0 Å². The third-order valence-corrected chi connectivity index (χ3v) is 5.05. The molecule has 1 aliphatic rings. The number of aryl methyl sites for hydroxylation is 1. The van der Waals surface area contributed by atoms with Crippen LogP contribution in [-0.4, -0.2) is 35.2 Å². The number of aromatic nitrogens is 1. The number of aliphatic hydroxyl groups is 1. The highest BCUT2D eigenvalue weighted by Gasteiger charge is 2.35. The third kappa shape index (κ3) is 4.01. The van der Waals surface area contributed by atoms with E-state index in [1.807, 2.05) is 6.92 Å². The van der Waals surface area contributed by atoms with Crippen LogP contribution in [0.2, 0.25) is 0 Å². The Kier molecular flexibility index (Phi) is 4.98. The maximum Gasteiger partial charge on any atom is 0.0897 e. The molecule has 1 aromatic rings. The molecule has 1 aliphatic carbocycles. The minimum absolute atomic E-state index is 0.109. The lowest BCUT2D eigenvalue weighted by atomic mass is 9.70. The summed E-state index contributed by atoms with van der Waals surface area (Å²) in [5.74, 6) is 0.746. The van der Waals surface area contributed by atoms with E-state index in [1.165, 1.54) is 12.8 Å². The Morgan fingerprint density at radius 1 is 1.58 bits per heavy atom. The Bertz CT molecular complexity index is 407. The molecule has 0 amide bonds. The van der Waals surface area contributed by atoms with Gasteiger partial charge in [-0.3, -0.25) is 4.90 Å². The summed E-state index contributed by atoms with van der Waals surface area (Å²) in [6, 6.07) is 0. The second-order valence-electron chi connectivity index (χ2n) is 6.39. The molecule has 2 rings (SSSR count). The molecule has 1 heterocycles. The van der Waals surface area contributed by atoms with Crippen molar-refractivity contribution in [1.29, 1.82) is 0 Å². The lowest BCUT2D eigenvalue weighted by Crippen LogP contribution is -2.41. The van der Waals surface area contributed by atoms with E-state index in [9.17, 15) is 5.11 Å². The van der Waals surface area contributed by atoms with E-state index >= 15 is 0 Å². The first-order chi connectivity index (χ1) is 9.03. The third-order valence-electron chi connectivity index (χ3n) is 4.22. The lowest BCUT2D eigenvalue weighted by molar-refractivity contribution is 0.0288. The van der Waals surface area contributed by atoms with Gasteiger partial charge < -0.3 is 5.11 Å². The van der Waals surface area contributed by atoms with Crippen molar-refractivity contribution in [1.82, 2.24) is 9.88 Å². The summed E-state index contributed by atoms with van der Waals surface area (Å²) in [6.07, 6.45) is 4.89. The summed E-state index contributed by atoms with van der Waals surface area (Å²) in [4.78, 5) is 6.84. The van der Waals surface area contributed by atoms with Crippen molar-refractivity contribution >= 4 is 11.3 Å². The van der Waals surface area contributed by atoms with Crippen molar-refractivity contribution in [2.45, 2.75) is 46.1 Å². The van der Waals surface area contributed by atoms with Crippen LogP contribution in [0.5, 0.6) is 0 Å². The Morgan fingerprint density at radius 2 is 2.37 bits per heavy atom. The van der Waals surface area contributed by atoms with Gasteiger partial charge in [0.2, 0.25) is 0 Å². The molecule has 0 aromatic carbocycles. The second-order valence-corrected chi connectivity index (χ2v) is 7.45. The number of nitrogens with zero attached hydrogens (tertiary/aromatic N) is 2. The minimum atomic E-state index is 0.109. The second kappa shape index (κ2) is 6.33. The molecule has 1 aromatic heterocycles. The van der Waals surface area contributed by atoms with Crippen molar-refractivity contribution in [3.8, 4) is 0 Å². The molecule has 0 bridgehead atoms. The maximum atomic E-state index is 9.84. The van der Waals surface area contributed by atoms with Crippen LogP contribution in [0.3, 0.4) is 0 Å². The van der Waals surface area contributed by atoms with Gasteiger partial charge in [-0.05, 0) is 32.7 Å². The molecular weight excluding hydrogens is 256 g/mol. The van der Waals surface area contributed by atoms with Gasteiger partial charge in [0, 0.05) is 30.5 Å². The molecule has 1 saturated carbocycles. The van der Waals surface area contributed by atoms with E-state index in [2.05, 4.69) is 29.2 Å². The van der Waals surface area contributed by atoms with E-state index in [0.29, 0.717) is 6.61 Å². The molecule has 0 aliphatic heterocycles. The van der Waals surface area contributed by atoms with E-state index in [4.69, 9.17) is 0 Å². The highest BCUT2D eigenvalue weighted by atomic mass is 32.1. The predicted octanol–water partition coefficient (Wildman–Crippen LogP) is 3.07. The zero-order chi connectivity index (χ0) is 13.9. The highest BCUT2D eigenvalue weighted by Crippen LogP contribution is 2.39. The number of hydrogen-bond acceptors (Lipinski definition) is 4. The van der Waals surface area contributed by atoms with Crippen LogP contribution in [0, 0.1) is 18.3 Å².